The van der Waals surface area contributed by atoms with Gasteiger partial charge in [0.05, 0.1) is 6.54 Å². The number of amides is 2. The van der Waals surface area contributed by atoms with E-state index in [1.165, 1.54) is 11.4 Å². The monoisotopic (exact) mass is 329 g/mol. The van der Waals surface area contributed by atoms with Gasteiger partial charge in [-0.2, -0.15) is 0 Å². The fourth-order valence-electron chi connectivity index (χ4n) is 1.45. The molecule has 9 heteroatoms. The Labute approximate surface area is 127 Å². The van der Waals surface area contributed by atoms with Gasteiger partial charge in [-0.25, -0.2) is 19.0 Å². The maximum Gasteiger partial charge on any atom is 0.355 e. The number of nitrogens with zero attached hydrogens (tertiary/aromatic N) is 1. The van der Waals surface area contributed by atoms with E-state index < -0.39 is 17.8 Å². The molecule has 3 N–H and O–H groups in total. The zero-order valence-corrected chi connectivity index (χ0v) is 12.0. The quantitative estimate of drug-likeness (QED) is 0.804. The Balaban J connectivity index is 1.90. The van der Waals surface area contributed by atoms with Gasteiger partial charge in [0.1, 0.15) is 10.8 Å². The number of aromatic carboxylic acids is 1. The summed E-state index contributed by atoms with van der Waals surface area (Å²) in [6.07, 6.45) is 0. The zero-order valence-electron chi connectivity index (χ0n) is 10.4. The van der Waals surface area contributed by atoms with Crippen LogP contribution < -0.4 is 10.6 Å². The predicted octanol–water partition coefficient (Wildman–Crippen LogP) is 2.96. The average molecular weight is 330 g/mol. The summed E-state index contributed by atoms with van der Waals surface area (Å²) >= 11 is 6.78. The first-order valence-electron chi connectivity index (χ1n) is 5.62. The van der Waals surface area contributed by atoms with Gasteiger partial charge >= 0.3 is 12.0 Å². The third-order valence-corrected chi connectivity index (χ3v) is 3.36. The van der Waals surface area contributed by atoms with Crippen molar-refractivity contribution in [1.82, 2.24) is 10.3 Å². The minimum Gasteiger partial charge on any atom is -0.476 e. The van der Waals surface area contributed by atoms with Gasteiger partial charge in [0.15, 0.2) is 5.69 Å². The first kappa shape index (κ1) is 15.2. The van der Waals surface area contributed by atoms with Crippen LogP contribution in [-0.4, -0.2) is 22.1 Å². The lowest BCUT2D eigenvalue weighted by Gasteiger charge is -2.06. The summed E-state index contributed by atoms with van der Waals surface area (Å²) in [4.78, 5) is 26.1. The fraction of sp³-hybridized carbons (Fsp3) is 0.0833. The lowest BCUT2D eigenvalue weighted by Crippen LogP contribution is -2.28. The number of hydrogen-bond donors (Lipinski definition) is 3. The largest absolute Gasteiger partial charge is 0.476 e. The fourth-order valence-corrected chi connectivity index (χ4v) is 2.38. The number of nitrogens with one attached hydrogen (secondary N) is 2. The van der Waals surface area contributed by atoms with Gasteiger partial charge in [0.25, 0.3) is 0 Å². The highest BCUT2D eigenvalue weighted by Gasteiger charge is 2.10. The summed E-state index contributed by atoms with van der Waals surface area (Å²) in [7, 11) is 0. The highest BCUT2D eigenvalue weighted by molar-refractivity contribution is 7.09. The average Bonchev–Trinajstić information content (AvgIpc) is 2.84. The maximum atomic E-state index is 13.1. The normalized spacial score (nSPS) is 10.2. The van der Waals surface area contributed by atoms with Gasteiger partial charge in [-0.05, 0) is 18.2 Å². The van der Waals surface area contributed by atoms with Crippen LogP contribution in [0.4, 0.5) is 14.9 Å². The number of halogens is 2. The van der Waals surface area contributed by atoms with Gasteiger partial charge in [-0.1, -0.05) is 11.6 Å². The van der Waals surface area contributed by atoms with Gasteiger partial charge in [-0.3, -0.25) is 0 Å². The second kappa shape index (κ2) is 6.51. The van der Waals surface area contributed by atoms with Crippen molar-refractivity contribution in [3.05, 3.63) is 45.1 Å². The molecular weight excluding hydrogens is 321 g/mol. The third kappa shape index (κ3) is 4.40. The Hall–Kier alpha value is -2.19. The van der Waals surface area contributed by atoms with E-state index in [2.05, 4.69) is 15.6 Å². The summed E-state index contributed by atoms with van der Waals surface area (Å²) in [6, 6.07) is 3.06. The van der Waals surface area contributed by atoms with Crippen LogP contribution in [0.5, 0.6) is 0 Å². The molecule has 1 aromatic heterocycles. The van der Waals surface area contributed by atoms with Crippen LogP contribution >= 0.6 is 22.9 Å². The third-order valence-electron chi connectivity index (χ3n) is 2.29. The Kier molecular flexibility index (Phi) is 4.71. The number of carboxylic acids is 1. The lowest BCUT2D eigenvalue weighted by atomic mass is 10.3. The predicted molar refractivity (Wildman–Crippen MR) is 76.3 cm³/mol. The van der Waals surface area contributed by atoms with E-state index in [-0.39, 0.29) is 22.9 Å². The molecule has 0 atom stereocenters. The molecule has 2 aromatic rings. The van der Waals surface area contributed by atoms with E-state index in [0.29, 0.717) is 5.01 Å². The van der Waals surface area contributed by atoms with Gasteiger partial charge in [-0.15, -0.1) is 11.3 Å². The number of rotatable bonds is 4. The number of benzene rings is 1. The van der Waals surface area contributed by atoms with Crippen LogP contribution in [0.1, 0.15) is 15.5 Å². The standard InChI is InChI=1S/C12H9ClFN3O3S/c13-6-1-7(14)3-8(2-6)16-12(20)15-4-10-17-9(5-21-10)11(18)19/h1-3,5H,4H2,(H,18,19)(H2,15,16,20). The minimum atomic E-state index is -1.13. The molecule has 0 unspecified atom stereocenters. The number of hydrogen-bond acceptors (Lipinski definition) is 4. The van der Waals surface area contributed by atoms with Gasteiger partial charge in [0.2, 0.25) is 0 Å². The summed E-state index contributed by atoms with van der Waals surface area (Å²) in [5, 5.41) is 15.6. The van der Waals surface area contributed by atoms with Crippen molar-refractivity contribution < 1.29 is 19.1 Å². The Morgan fingerprint density at radius 3 is 2.76 bits per heavy atom. The van der Waals surface area contributed by atoms with E-state index in [0.717, 1.165) is 23.5 Å². The van der Waals surface area contributed by atoms with E-state index in [4.69, 9.17) is 16.7 Å². The van der Waals surface area contributed by atoms with Crippen LogP contribution in [-0.2, 0) is 6.54 Å². The van der Waals surface area contributed by atoms with Crippen molar-refractivity contribution in [2.75, 3.05) is 5.32 Å². The molecule has 0 aliphatic heterocycles. The van der Waals surface area contributed by atoms with Crippen LogP contribution in [0, 0.1) is 5.82 Å². The van der Waals surface area contributed by atoms with Crippen molar-refractivity contribution >= 4 is 40.6 Å². The van der Waals surface area contributed by atoms with Gasteiger partial charge in [0, 0.05) is 16.1 Å². The molecule has 0 fully saturated rings. The van der Waals surface area contributed by atoms with Crippen molar-refractivity contribution in [3.63, 3.8) is 0 Å². The SMILES string of the molecule is O=C(NCc1nc(C(=O)O)cs1)Nc1cc(F)cc(Cl)c1. The second-order valence-electron chi connectivity index (χ2n) is 3.90. The Bertz CT molecular complexity index is 672. The van der Waals surface area contributed by atoms with E-state index in [9.17, 15) is 14.0 Å². The van der Waals surface area contributed by atoms with E-state index in [1.807, 2.05) is 0 Å². The number of anilines is 1. The Morgan fingerprint density at radius 1 is 1.38 bits per heavy atom. The molecular formula is C12H9ClFN3O3S. The molecule has 0 spiro atoms. The van der Waals surface area contributed by atoms with Gasteiger partial charge < -0.3 is 15.7 Å². The molecule has 21 heavy (non-hydrogen) atoms. The number of carbonyl (C=O) groups is 2. The molecule has 0 radical (unpaired) electrons. The number of carboxylic acid groups (broad SMARTS) is 1. The summed E-state index contributed by atoms with van der Waals surface area (Å²) in [5.74, 6) is -1.69. The summed E-state index contributed by atoms with van der Waals surface area (Å²) in [6.45, 7) is 0.0623. The molecule has 1 aromatic carbocycles. The highest BCUT2D eigenvalue weighted by Crippen LogP contribution is 2.18. The molecule has 6 nitrogen and oxygen atoms in total. The number of thiazole rings is 1. The topological polar surface area (TPSA) is 91.3 Å². The first-order chi connectivity index (χ1) is 9.94. The molecule has 0 aliphatic rings. The zero-order chi connectivity index (χ0) is 15.4. The van der Waals surface area contributed by atoms with Crippen LogP contribution in [0.15, 0.2) is 23.6 Å². The van der Waals surface area contributed by atoms with Crippen LogP contribution in [0.2, 0.25) is 5.02 Å². The maximum absolute atomic E-state index is 13.1. The van der Waals surface area contributed by atoms with Crippen LogP contribution in [0.25, 0.3) is 0 Å². The van der Waals surface area contributed by atoms with Crippen molar-refractivity contribution in [2.45, 2.75) is 6.54 Å². The first-order valence-corrected chi connectivity index (χ1v) is 6.88. The molecule has 0 bridgehead atoms. The number of aromatic nitrogens is 1. The Morgan fingerprint density at radius 2 is 2.14 bits per heavy atom. The highest BCUT2D eigenvalue weighted by atomic mass is 35.5. The van der Waals surface area contributed by atoms with E-state index in [1.54, 1.807) is 0 Å². The summed E-state index contributed by atoms with van der Waals surface area (Å²) < 4.78 is 13.1. The molecule has 2 rings (SSSR count). The molecule has 110 valence electrons. The van der Waals surface area contributed by atoms with Crippen molar-refractivity contribution in [2.24, 2.45) is 0 Å². The molecule has 0 aliphatic carbocycles. The second-order valence-corrected chi connectivity index (χ2v) is 5.28. The lowest BCUT2D eigenvalue weighted by molar-refractivity contribution is 0.0691. The van der Waals surface area contributed by atoms with Crippen LogP contribution in [0.3, 0.4) is 0 Å². The molecule has 2 amide bonds. The summed E-state index contributed by atoms with van der Waals surface area (Å²) in [5.41, 5.74) is 0.136. The minimum absolute atomic E-state index is 0.0623. The molecule has 0 saturated carbocycles. The van der Waals surface area contributed by atoms with Crippen molar-refractivity contribution in [3.8, 4) is 0 Å². The van der Waals surface area contributed by atoms with E-state index >= 15 is 0 Å². The smallest absolute Gasteiger partial charge is 0.355 e. The molecule has 0 saturated heterocycles. The van der Waals surface area contributed by atoms with Crippen molar-refractivity contribution in [1.29, 1.82) is 0 Å². The number of carbonyl (C=O) groups excluding carboxylic acids is 1. The number of urea groups is 1. The molecule has 1 heterocycles.